The van der Waals surface area contributed by atoms with Crippen LogP contribution in [0.3, 0.4) is 0 Å². The van der Waals surface area contributed by atoms with Crippen molar-refractivity contribution in [3.8, 4) is 0 Å². The first-order chi connectivity index (χ1) is 8.49. The molecule has 18 heavy (non-hydrogen) atoms. The molecule has 1 heteroatoms. The maximum Gasteiger partial charge on any atom is 0.163 e. The molecule has 0 unspecified atom stereocenters. The summed E-state index contributed by atoms with van der Waals surface area (Å²) in [6.07, 6.45) is 2.34. The second-order valence-electron chi connectivity index (χ2n) is 5.05. The third kappa shape index (κ3) is 2.62. The van der Waals surface area contributed by atoms with E-state index in [0.29, 0.717) is 0 Å². The van der Waals surface area contributed by atoms with Crippen molar-refractivity contribution in [2.24, 2.45) is 0 Å². The van der Waals surface area contributed by atoms with E-state index in [2.05, 4.69) is 70.3 Å². The molecule has 0 bridgehead atoms. The highest BCUT2D eigenvalue weighted by molar-refractivity contribution is 7.96. The molecule has 0 aromatic heterocycles. The first-order valence-corrected chi connectivity index (χ1v) is 7.93. The van der Waals surface area contributed by atoms with Crippen LogP contribution in [0.15, 0.2) is 46.2 Å². The van der Waals surface area contributed by atoms with Gasteiger partial charge >= 0.3 is 0 Å². The van der Waals surface area contributed by atoms with E-state index in [1.54, 1.807) is 0 Å². The number of rotatable bonds is 2. The van der Waals surface area contributed by atoms with Crippen molar-refractivity contribution in [2.75, 3.05) is 6.26 Å². The largest absolute Gasteiger partial charge is 0.163 e. The van der Waals surface area contributed by atoms with Crippen LogP contribution in [0.1, 0.15) is 22.3 Å². The SMILES string of the molecule is Cc1ccc(C)c([S+](C)c2cc(C)ccc2C)c1. The van der Waals surface area contributed by atoms with Crippen molar-refractivity contribution < 1.29 is 0 Å². The quantitative estimate of drug-likeness (QED) is 0.690. The highest BCUT2D eigenvalue weighted by atomic mass is 32.2. The summed E-state index contributed by atoms with van der Waals surface area (Å²) < 4.78 is 0. The summed E-state index contributed by atoms with van der Waals surface area (Å²) in [5.74, 6) is 0. The zero-order valence-electron chi connectivity index (χ0n) is 11.9. The summed E-state index contributed by atoms with van der Waals surface area (Å²) in [6, 6.07) is 13.5. The minimum Gasteiger partial charge on any atom is -0.0587 e. The van der Waals surface area contributed by atoms with Gasteiger partial charge in [-0.15, -0.1) is 0 Å². The van der Waals surface area contributed by atoms with Gasteiger partial charge < -0.3 is 0 Å². The maximum absolute atomic E-state index is 2.34. The zero-order chi connectivity index (χ0) is 13.3. The predicted octanol–water partition coefficient (Wildman–Crippen LogP) is 4.59. The molecule has 0 aliphatic carbocycles. The molecule has 0 aliphatic heterocycles. The Balaban J connectivity index is 2.50. The molecular weight excluding hydrogens is 236 g/mol. The Labute approximate surface area is 113 Å². The minimum absolute atomic E-state index is 0.160. The lowest BCUT2D eigenvalue weighted by atomic mass is 10.2. The van der Waals surface area contributed by atoms with E-state index >= 15 is 0 Å². The highest BCUT2D eigenvalue weighted by Gasteiger charge is 2.23. The molecule has 0 amide bonds. The van der Waals surface area contributed by atoms with Crippen LogP contribution in [0, 0.1) is 27.7 Å². The average Bonchev–Trinajstić information content (AvgIpc) is 2.34. The van der Waals surface area contributed by atoms with Crippen LogP contribution in [0.25, 0.3) is 0 Å². The number of hydrogen-bond donors (Lipinski definition) is 0. The molecule has 0 atom stereocenters. The molecule has 2 aromatic carbocycles. The fourth-order valence-electron chi connectivity index (χ4n) is 2.19. The summed E-state index contributed by atoms with van der Waals surface area (Å²) in [6.45, 7) is 8.76. The van der Waals surface area contributed by atoms with Crippen molar-refractivity contribution in [1.29, 1.82) is 0 Å². The Morgan fingerprint density at radius 3 is 1.44 bits per heavy atom. The molecule has 0 fully saturated rings. The fraction of sp³-hybridized carbons (Fsp3) is 0.294. The van der Waals surface area contributed by atoms with Gasteiger partial charge in [-0.1, -0.05) is 24.3 Å². The molecule has 0 aliphatic rings. The summed E-state index contributed by atoms with van der Waals surface area (Å²) >= 11 is 0. The molecular formula is C17H21S+. The molecule has 0 saturated heterocycles. The first kappa shape index (κ1) is 13.2. The lowest BCUT2D eigenvalue weighted by molar-refractivity contribution is 1.21. The van der Waals surface area contributed by atoms with E-state index in [9.17, 15) is 0 Å². The lowest BCUT2D eigenvalue weighted by Crippen LogP contribution is -2.05. The Bertz CT molecular complexity index is 518. The third-order valence-corrected chi connectivity index (χ3v) is 5.55. The monoisotopic (exact) mass is 257 g/mol. The van der Waals surface area contributed by atoms with Gasteiger partial charge in [0, 0.05) is 11.1 Å². The van der Waals surface area contributed by atoms with Gasteiger partial charge in [0.25, 0.3) is 0 Å². The normalized spacial score (nSPS) is 11.0. The second-order valence-corrected chi connectivity index (χ2v) is 6.95. The number of aryl methyl sites for hydroxylation is 4. The maximum atomic E-state index is 2.34. The fourth-order valence-corrected chi connectivity index (χ4v) is 4.26. The van der Waals surface area contributed by atoms with E-state index in [0.717, 1.165) is 0 Å². The van der Waals surface area contributed by atoms with Gasteiger partial charge in [-0.2, -0.15) is 0 Å². The number of hydrogen-bond acceptors (Lipinski definition) is 0. The standard InChI is InChI=1S/C17H21S/c1-12-6-8-14(3)16(10-12)18(5)17-11-13(2)7-9-15(17)4/h6-11H,1-5H3/q+1. The third-order valence-electron chi connectivity index (χ3n) is 3.35. The molecule has 0 nitrogen and oxygen atoms in total. The topological polar surface area (TPSA) is 0 Å². The molecule has 0 radical (unpaired) electrons. The van der Waals surface area contributed by atoms with Gasteiger partial charge in [0.15, 0.2) is 9.79 Å². The van der Waals surface area contributed by atoms with E-state index in [4.69, 9.17) is 0 Å². The van der Waals surface area contributed by atoms with E-state index in [-0.39, 0.29) is 10.9 Å². The Morgan fingerprint density at radius 1 is 0.667 bits per heavy atom. The molecule has 0 heterocycles. The van der Waals surface area contributed by atoms with Crippen LogP contribution >= 0.6 is 0 Å². The van der Waals surface area contributed by atoms with Gasteiger partial charge in [0.1, 0.15) is 6.26 Å². The molecule has 0 spiro atoms. The van der Waals surface area contributed by atoms with Crippen LogP contribution in [0.2, 0.25) is 0 Å². The second kappa shape index (κ2) is 5.19. The van der Waals surface area contributed by atoms with Crippen molar-refractivity contribution in [3.63, 3.8) is 0 Å². The molecule has 2 rings (SSSR count). The van der Waals surface area contributed by atoms with E-state index < -0.39 is 0 Å². The van der Waals surface area contributed by atoms with Gasteiger partial charge in [0.2, 0.25) is 0 Å². The summed E-state index contributed by atoms with van der Waals surface area (Å²) in [5.41, 5.74) is 5.49. The zero-order valence-corrected chi connectivity index (χ0v) is 12.7. The molecule has 2 aromatic rings. The van der Waals surface area contributed by atoms with E-state index in [1.807, 2.05) is 0 Å². The van der Waals surface area contributed by atoms with Crippen LogP contribution in [-0.4, -0.2) is 6.26 Å². The Kier molecular flexibility index (Phi) is 3.82. The summed E-state index contributed by atoms with van der Waals surface area (Å²) in [4.78, 5) is 2.95. The molecule has 0 saturated carbocycles. The Morgan fingerprint density at radius 2 is 1.06 bits per heavy atom. The van der Waals surface area contributed by atoms with E-state index in [1.165, 1.54) is 32.0 Å². The van der Waals surface area contributed by atoms with Crippen molar-refractivity contribution in [1.82, 2.24) is 0 Å². The minimum atomic E-state index is 0.160. The van der Waals surface area contributed by atoms with Gasteiger partial charge in [-0.3, -0.25) is 0 Å². The highest BCUT2D eigenvalue weighted by Crippen LogP contribution is 2.28. The van der Waals surface area contributed by atoms with Gasteiger partial charge in [0.05, 0.1) is 10.9 Å². The Hall–Kier alpha value is -1.21. The van der Waals surface area contributed by atoms with Gasteiger partial charge in [-0.05, 0) is 51.0 Å². The first-order valence-electron chi connectivity index (χ1n) is 6.29. The van der Waals surface area contributed by atoms with Crippen LogP contribution < -0.4 is 0 Å². The summed E-state index contributed by atoms with van der Waals surface area (Å²) in [7, 11) is 0.160. The molecule has 94 valence electrons. The summed E-state index contributed by atoms with van der Waals surface area (Å²) in [5, 5.41) is 0. The van der Waals surface area contributed by atoms with Gasteiger partial charge in [-0.25, -0.2) is 0 Å². The smallest absolute Gasteiger partial charge is 0.0587 e. The van der Waals surface area contributed by atoms with Crippen molar-refractivity contribution >= 4 is 10.9 Å². The lowest BCUT2D eigenvalue weighted by Gasteiger charge is -2.09. The number of benzene rings is 2. The predicted molar refractivity (Wildman–Crippen MR) is 81.7 cm³/mol. The average molecular weight is 257 g/mol. The van der Waals surface area contributed by atoms with Crippen LogP contribution in [0.5, 0.6) is 0 Å². The van der Waals surface area contributed by atoms with Crippen molar-refractivity contribution in [3.05, 3.63) is 58.7 Å². The molecule has 0 N–H and O–H groups in total. The van der Waals surface area contributed by atoms with Crippen LogP contribution in [-0.2, 0) is 10.9 Å². The van der Waals surface area contributed by atoms with Crippen LogP contribution in [0.4, 0.5) is 0 Å². The van der Waals surface area contributed by atoms with Crippen molar-refractivity contribution in [2.45, 2.75) is 37.5 Å².